The minimum Gasteiger partial charge on any atom is -0.478 e. The summed E-state index contributed by atoms with van der Waals surface area (Å²) in [6.07, 6.45) is 6.80. The quantitative estimate of drug-likeness (QED) is 0.576. The van der Waals surface area contributed by atoms with Crippen LogP contribution in [0, 0.1) is 0 Å². The molecule has 3 heteroatoms. The van der Waals surface area contributed by atoms with Gasteiger partial charge in [-0.25, -0.2) is 4.79 Å². The number of carboxylic acid groups (broad SMARTS) is 1. The Morgan fingerprint density at radius 1 is 1.53 bits per heavy atom. The zero-order valence-electron chi connectivity index (χ0n) is 8.90. The highest BCUT2D eigenvalue weighted by atomic mass is 16.4. The molecule has 3 nitrogen and oxygen atoms in total. The van der Waals surface area contributed by atoms with Crippen LogP contribution in [-0.4, -0.2) is 11.1 Å². The van der Waals surface area contributed by atoms with E-state index in [1.807, 2.05) is 0 Å². The minimum absolute atomic E-state index is 0.415. The zero-order valence-corrected chi connectivity index (χ0v) is 8.90. The third-order valence-corrected chi connectivity index (χ3v) is 2.18. The molecule has 0 aliphatic carbocycles. The summed E-state index contributed by atoms with van der Waals surface area (Å²) in [5.74, 6) is -0.258. The topological polar surface area (TPSA) is 50.4 Å². The van der Waals surface area contributed by atoms with Gasteiger partial charge in [-0.3, -0.25) is 0 Å². The van der Waals surface area contributed by atoms with Crippen LogP contribution < -0.4 is 0 Å². The lowest BCUT2D eigenvalue weighted by molar-refractivity contribution is -0.132. The van der Waals surface area contributed by atoms with E-state index < -0.39 is 5.97 Å². The van der Waals surface area contributed by atoms with E-state index in [1.54, 1.807) is 18.2 Å². The molecule has 82 valence electrons. The van der Waals surface area contributed by atoms with Gasteiger partial charge in [-0.2, -0.15) is 0 Å². The molecule has 0 saturated heterocycles. The maximum absolute atomic E-state index is 10.9. The predicted molar refractivity (Wildman–Crippen MR) is 58.5 cm³/mol. The number of rotatable bonds is 6. The van der Waals surface area contributed by atoms with E-state index >= 15 is 0 Å². The fourth-order valence-electron chi connectivity index (χ4n) is 1.35. The van der Waals surface area contributed by atoms with Crippen molar-refractivity contribution in [3.05, 3.63) is 29.7 Å². The Kier molecular flexibility index (Phi) is 4.68. The van der Waals surface area contributed by atoms with Crippen LogP contribution in [0.1, 0.15) is 38.4 Å². The van der Waals surface area contributed by atoms with Crippen molar-refractivity contribution in [2.24, 2.45) is 0 Å². The van der Waals surface area contributed by atoms with E-state index in [0.29, 0.717) is 17.8 Å². The first kappa shape index (κ1) is 11.6. The van der Waals surface area contributed by atoms with Crippen LogP contribution in [0.2, 0.25) is 0 Å². The fourth-order valence-corrected chi connectivity index (χ4v) is 1.35. The van der Waals surface area contributed by atoms with Crippen molar-refractivity contribution in [3.8, 4) is 0 Å². The number of furan rings is 1. The second-order valence-corrected chi connectivity index (χ2v) is 3.45. The highest BCUT2D eigenvalue weighted by Gasteiger charge is 2.07. The number of carboxylic acids is 1. The van der Waals surface area contributed by atoms with Crippen molar-refractivity contribution < 1.29 is 14.3 Å². The molecular weight excluding hydrogens is 192 g/mol. The smallest absolute Gasteiger partial charge is 0.331 e. The molecule has 0 atom stereocenters. The Morgan fingerprint density at radius 3 is 2.87 bits per heavy atom. The zero-order chi connectivity index (χ0) is 11.1. The van der Waals surface area contributed by atoms with E-state index in [1.165, 1.54) is 6.26 Å². The summed E-state index contributed by atoms with van der Waals surface area (Å²) < 4.78 is 5.08. The first-order valence-electron chi connectivity index (χ1n) is 5.21. The Bertz CT molecular complexity index is 323. The lowest BCUT2D eigenvalue weighted by atomic mass is 10.1. The van der Waals surface area contributed by atoms with Gasteiger partial charge in [0.05, 0.1) is 6.26 Å². The van der Waals surface area contributed by atoms with Gasteiger partial charge in [0.2, 0.25) is 0 Å². The Balaban J connectivity index is 2.61. The molecule has 1 aromatic rings. The highest BCUT2D eigenvalue weighted by molar-refractivity contribution is 5.91. The summed E-state index contributed by atoms with van der Waals surface area (Å²) in [4.78, 5) is 10.9. The molecule has 0 radical (unpaired) electrons. The minimum atomic E-state index is -0.859. The largest absolute Gasteiger partial charge is 0.478 e. The van der Waals surface area contributed by atoms with Crippen LogP contribution >= 0.6 is 0 Å². The van der Waals surface area contributed by atoms with Gasteiger partial charge in [0.15, 0.2) is 0 Å². The molecule has 1 rings (SSSR count). The average molecular weight is 208 g/mol. The van der Waals surface area contributed by atoms with E-state index in [2.05, 4.69) is 6.92 Å². The molecular formula is C12H16O3. The molecule has 1 N–H and O–H groups in total. The van der Waals surface area contributed by atoms with Crippen LogP contribution in [-0.2, 0) is 4.79 Å². The normalized spacial score (nSPS) is 11.7. The lowest BCUT2D eigenvalue weighted by Crippen LogP contribution is -2.00. The van der Waals surface area contributed by atoms with Gasteiger partial charge >= 0.3 is 5.97 Å². The van der Waals surface area contributed by atoms with Gasteiger partial charge < -0.3 is 9.52 Å². The number of hydrogen-bond donors (Lipinski definition) is 1. The monoisotopic (exact) mass is 208 g/mol. The Morgan fingerprint density at radius 2 is 2.33 bits per heavy atom. The van der Waals surface area contributed by atoms with Crippen LogP contribution in [0.5, 0.6) is 0 Å². The van der Waals surface area contributed by atoms with Gasteiger partial charge in [0.25, 0.3) is 0 Å². The molecule has 0 saturated carbocycles. The van der Waals surface area contributed by atoms with E-state index in [4.69, 9.17) is 9.52 Å². The lowest BCUT2D eigenvalue weighted by Gasteiger charge is -2.00. The molecule has 0 amide bonds. The average Bonchev–Trinajstić information content (AvgIpc) is 2.69. The second kappa shape index (κ2) is 6.06. The standard InChI is InChI=1S/C12H16O3/c1-2-3-4-6-10(12(13)14)9-11-7-5-8-15-11/h5,7-9H,2-4,6H2,1H3,(H,13,14). The number of hydrogen-bond acceptors (Lipinski definition) is 2. The van der Waals surface area contributed by atoms with Crippen molar-refractivity contribution in [2.45, 2.75) is 32.6 Å². The van der Waals surface area contributed by atoms with Crippen molar-refractivity contribution >= 4 is 12.0 Å². The van der Waals surface area contributed by atoms with Crippen molar-refractivity contribution in [3.63, 3.8) is 0 Å². The van der Waals surface area contributed by atoms with E-state index in [-0.39, 0.29) is 0 Å². The SMILES string of the molecule is CCCCCC(=Cc1ccco1)C(=O)O. The first-order chi connectivity index (χ1) is 7.24. The summed E-state index contributed by atoms with van der Waals surface area (Å²) in [6.45, 7) is 2.09. The maximum atomic E-state index is 10.9. The third kappa shape index (κ3) is 4.02. The maximum Gasteiger partial charge on any atom is 0.331 e. The molecule has 0 aliphatic heterocycles. The van der Waals surface area contributed by atoms with Crippen LogP contribution in [0.25, 0.3) is 6.08 Å². The summed E-state index contributed by atoms with van der Waals surface area (Å²) in [5, 5.41) is 8.96. The molecule has 0 aliphatic rings. The van der Waals surface area contributed by atoms with Crippen LogP contribution in [0.3, 0.4) is 0 Å². The molecule has 1 heterocycles. The number of aliphatic carboxylic acids is 1. The Labute approximate surface area is 89.4 Å². The number of unbranched alkanes of at least 4 members (excludes halogenated alkanes) is 2. The molecule has 0 fully saturated rings. The Hall–Kier alpha value is -1.51. The highest BCUT2D eigenvalue weighted by Crippen LogP contribution is 2.14. The van der Waals surface area contributed by atoms with Gasteiger partial charge in [-0.1, -0.05) is 19.8 Å². The van der Waals surface area contributed by atoms with Crippen LogP contribution in [0.4, 0.5) is 0 Å². The van der Waals surface area contributed by atoms with Crippen molar-refractivity contribution in [1.29, 1.82) is 0 Å². The fraction of sp³-hybridized carbons (Fsp3) is 0.417. The molecule has 0 spiro atoms. The van der Waals surface area contributed by atoms with E-state index in [9.17, 15) is 4.79 Å². The van der Waals surface area contributed by atoms with Gasteiger partial charge in [0.1, 0.15) is 5.76 Å². The summed E-state index contributed by atoms with van der Waals surface area (Å²) in [5.41, 5.74) is 0.415. The number of carbonyl (C=O) groups is 1. The summed E-state index contributed by atoms with van der Waals surface area (Å²) >= 11 is 0. The molecule has 1 aromatic heterocycles. The van der Waals surface area contributed by atoms with Crippen molar-refractivity contribution in [1.82, 2.24) is 0 Å². The molecule has 0 bridgehead atoms. The molecule has 15 heavy (non-hydrogen) atoms. The van der Waals surface area contributed by atoms with Gasteiger partial charge in [-0.05, 0) is 31.1 Å². The molecule has 0 aromatic carbocycles. The first-order valence-corrected chi connectivity index (χ1v) is 5.21. The van der Waals surface area contributed by atoms with E-state index in [0.717, 1.165) is 19.3 Å². The summed E-state index contributed by atoms with van der Waals surface area (Å²) in [6, 6.07) is 3.50. The summed E-state index contributed by atoms with van der Waals surface area (Å²) in [7, 11) is 0. The van der Waals surface area contributed by atoms with Crippen molar-refractivity contribution in [2.75, 3.05) is 0 Å². The predicted octanol–water partition coefficient (Wildman–Crippen LogP) is 3.33. The van der Waals surface area contributed by atoms with Gasteiger partial charge in [0, 0.05) is 5.57 Å². The third-order valence-electron chi connectivity index (χ3n) is 2.18. The van der Waals surface area contributed by atoms with Crippen LogP contribution in [0.15, 0.2) is 28.4 Å². The molecule has 0 unspecified atom stereocenters. The van der Waals surface area contributed by atoms with Gasteiger partial charge in [-0.15, -0.1) is 0 Å². The second-order valence-electron chi connectivity index (χ2n) is 3.45.